The third-order valence-electron chi connectivity index (χ3n) is 2.43. The molecule has 1 aromatic heterocycles. The highest BCUT2D eigenvalue weighted by Gasteiger charge is 2.04. The molecule has 5 nitrogen and oxygen atoms in total. The van der Waals surface area contributed by atoms with Crippen molar-refractivity contribution in [1.29, 1.82) is 0 Å². The standard InChI is InChI=1S/C12H16N4O/c1-3-17-11-7-5-4-6-10(11)13-8-12-14-9-15-16(12)2/h4-7,9,13H,3,8H2,1-2H3. The number of rotatable bonds is 5. The van der Waals surface area contributed by atoms with Crippen LogP contribution in [-0.2, 0) is 13.6 Å². The first kappa shape index (κ1) is 11.4. The summed E-state index contributed by atoms with van der Waals surface area (Å²) in [5, 5.41) is 7.31. The molecule has 0 unspecified atom stereocenters. The van der Waals surface area contributed by atoms with Crippen molar-refractivity contribution < 1.29 is 4.74 Å². The minimum atomic E-state index is 0.626. The summed E-state index contributed by atoms with van der Waals surface area (Å²) in [4.78, 5) is 4.16. The number of aryl methyl sites for hydroxylation is 1. The lowest BCUT2D eigenvalue weighted by atomic mass is 10.3. The molecule has 0 spiro atoms. The fourth-order valence-electron chi connectivity index (χ4n) is 1.55. The third-order valence-corrected chi connectivity index (χ3v) is 2.43. The molecule has 1 heterocycles. The Morgan fingerprint density at radius 3 is 2.88 bits per heavy atom. The van der Waals surface area contributed by atoms with Crippen LogP contribution in [0.5, 0.6) is 5.75 Å². The fraction of sp³-hybridized carbons (Fsp3) is 0.333. The Labute approximate surface area is 100 Å². The number of aromatic nitrogens is 3. The largest absolute Gasteiger partial charge is 0.492 e. The van der Waals surface area contributed by atoms with Gasteiger partial charge in [0, 0.05) is 7.05 Å². The lowest BCUT2D eigenvalue weighted by Gasteiger charge is -2.11. The summed E-state index contributed by atoms with van der Waals surface area (Å²) >= 11 is 0. The number of ether oxygens (including phenoxy) is 1. The zero-order valence-electron chi connectivity index (χ0n) is 10.1. The molecule has 0 saturated carbocycles. The molecule has 0 fully saturated rings. The van der Waals surface area contributed by atoms with Crippen LogP contribution in [0.15, 0.2) is 30.6 Å². The van der Waals surface area contributed by atoms with E-state index in [1.165, 1.54) is 0 Å². The molecule has 0 amide bonds. The van der Waals surface area contributed by atoms with E-state index in [9.17, 15) is 0 Å². The van der Waals surface area contributed by atoms with Crippen LogP contribution in [0.1, 0.15) is 12.7 Å². The van der Waals surface area contributed by atoms with Gasteiger partial charge >= 0.3 is 0 Å². The Balaban J connectivity index is 2.06. The van der Waals surface area contributed by atoms with Crippen LogP contribution >= 0.6 is 0 Å². The summed E-state index contributed by atoms with van der Waals surface area (Å²) in [6.07, 6.45) is 1.55. The van der Waals surface area contributed by atoms with E-state index in [-0.39, 0.29) is 0 Å². The zero-order valence-corrected chi connectivity index (χ0v) is 10.1. The third kappa shape index (κ3) is 2.75. The van der Waals surface area contributed by atoms with Gasteiger partial charge in [0.25, 0.3) is 0 Å². The second-order valence-electron chi connectivity index (χ2n) is 3.58. The molecular formula is C12H16N4O. The predicted molar refractivity (Wildman–Crippen MR) is 65.9 cm³/mol. The number of nitrogens with zero attached hydrogens (tertiary/aromatic N) is 3. The topological polar surface area (TPSA) is 52.0 Å². The van der Waals surface area contributed by atoms with Gasteiger partial charge in [-0.15, -0.1) is 0 Å². The molecule has 2 rings (SSSR count). The second kappa shape index (κ2) is 5.34. The van der Waals surface area contributed by atoms with Gasteiger partial charge in [0.1, 0.15) is 17.9 Å². The molecule has 0 radical (unpaired) electrons. The molecule has 2 aromatic rings. The molecule has 0 bridgehead atoms. The Bertz CT molecular complexity index is 481. The molecular weight excluding hydrogens is 216 g/mol. The average Bonchev–Trinajstić information content (AvgIpc) is 2.74. The first-order chi connectivity index (χ1) is 8.31. The summed E-state index contributed by atoms with van der Waals surface area (Å²) in [6.45, 7) is 3.25. The zero-order chi connectivity index (χ0) is 12.1. The van der Waals surface area contributed by atoms with Gasteiger partial charge in [-0.1, -0.05) is 12.1 Å². The van der Waals surface area contributed by atoms with E-state index in [0.29, 0.717) is 13.2 Å². The van der Waals surface area contributed by atoms with Crippen LogP contribution in [0.3, 0.4) is 0 Å². The second-order valence-corrected chi connectivity index (χ2v) is 3.58. The number of benzene rings is 1. The number of nitrogens with one attached hydrogen (secondary N) is 1. The maximum Gasteiger partial charge on any atom is 0.145 e. The Morgan fingerprint density at radius 1 is 1.35 bits per heavy atom. The van der Waals surface area contributed by atoms with Gasteiger partial charge in [-0.2, -0.15) is 5.10 Å². The van der Waals surface area contributed by atoms with E-state index in [4.69, 9.17) is 4.74 Å². The lowest BCUT2D eigenvalue weighted by molar-refractivity contribution is 0.341. The molecule has 90 valence electrons. The van der Waals surface area contributed by atoms with Crippen molar-refractivity contribution in [2.75, 3.05) is 11.9 Å². The van der Waals surface area contributed by atoms with Crippen molar-refractivity contribution >= 4 is 5.69 Å². The average molecular weight is 232 g/mol. The summed E-state index contributed by atoms with van der Waals surface area (Å²) in [7, 11) is 1.87. The van der Waals surface area contributed by atoms with Gasteiger partial charge in [-0.3, -0.25) is 4.68 Å². The summed E-state index contributed by atoms with van der Waals surface area (Å²) in [5.74, 6) is 1.74. The molecule has 5 heteroatoms. The minimum Gasteiger partial charge on any atom is -0.492 e. The lowest BCUT2D eigenvalue weighted by Crippen LogP contribution is -2.07. The van der Waals surface area contributed by atoms with Crippen LogP contribution in [0.25, 0.3) is 0 Å². The number of hydrogen-bond donors (Lipinski definition) is 1. The van der Waals surface area contributed by atoms with Crippen LogP contribution in [0.4, 0.5) is 5.69 Å². The molecule has 0 atom stereocenters. The van der Waals surface area contributed by atoms with Gasteiger partial charge in [0.15, 0.2) is 0 Å². The predicted octanol–water partition coefficient (Wildman–Crippen LogP) is 1.83. The number of anilines is 1. The Morgan fingerprint density at radius 2 is 2.18 bits per heavy atom. The van der Waals surface area contributed by atoms with Crippen LogP contribution in [0, 0.1) is 0 Å². The number of para-hydroxylation sites is 2. The molecule has 0 aliphatic heterocycles. The first-order valence-corrected chi connectivity index (χ1v) is 5.60. The van der Waals surface area contributed by atoms with E-state index < -0.39 is 0 Å². The molecule has 1 aromatic carbocycles. The maximum absolute atomic E-state index is 5.53. The van der Waals surface area contributed by atoms with Gasteiger partial charge < -0.3 is 10.1 Å². The summed E-state index contributed by atoms with van der Waals surface area (Å²) in [6, 6.07) is 7.86. The molecule has 0 saturated heterocycles. The van der Waals surface area contributed by atoms with Gasteiger partial charge in [-0.05, 0) is 19.1 Å². The van der Waals surface area contributed by atoms with Crippen LogP contribution in [0.2, 0.25) is 0 Å². The van der Waals surface area contributed by atoms with E-state index in [1.807, 2.05) is 38.2 Å². The normalized spacial score (nSPS) is 10.2. The fourth-order valence-corrected chi connectivity index (χ4v) is 1.55. The monoisotopic (exact) mass is 232 g/mol. The van der Waals surface area contributed by atoms with Crippen molar-refractivity contribution in [2.45, 2.75) is 13.5 Å². The SMILES string of the molecule is CCOc1ccccc1NCc1ncnn1C. The van der Waals surface area contributed by atoms with Crippen molar-refractivity contribution in [2.24, 2.45) is 7.05 Å². The van der Waals surface area contributed by atoms with Crippen molar-refractivity contribution in [3.8, 4) is 5.75 Å². The summed E-state index contributed by atoms with van der Waals surface area (Å²) in [5.41, 5.74) is 0.970. The van der Waals surface area contributed by atoms with Crippen molar-refractivity contribution in [3.05, 3.63) is 36.4 Å². The van der Waals surface area contributed by atoms with E-state index in [2.05, 4.69) is 15.4 Å². The highest BCUT2D eigenvalue weighted by atomic mass is 16.5. The summed E-state index contributed by atoms with van der Waals surface area (Å²) < 4.78 is 7.28. The molecule has 0 aliphatic rings. The van der Waals surface area contributed by atoms with Gasteiger partial charge in [-0.25, -0.2) is 4.98 Å². The van der Waals surface area contributed by atoms with Crippen LogP contribution in [-0.4, -0.2) is 21.4 Å². The van der Waals surface area contributed by atoms with Gasteiger partial charge in [0.05, 0.1) is 18.8 Å². The minimum absolute atomic E-state index is 0.626. The Kier molecular flexibility index (Phi) is 3.59. The quantitative estimate of drug-likeness (QED) is 0.854. The molecule has 17 heavy (non-hydrogen) atoms. The maximum atomic E-state index is 5.53. The van der Waals surface area contributed by atoms with Gasteiger partial charge in [0.2, 0.25) is 0 Å². The molecule has 1 N–H and O–H groups in total. The van der Waals surface area contributed by atoms with E-state index >= 15 is 0 Å². The molecule has 0 aliphatic carbocycles. The number of hydrogen-bond acceptors (Lipinski definition) is 4. The van der Waals surface area contributed by atoms with Crippen molar-refractivity contribution in [3.63, 3.8) is 0 Å². The van der Waals surface area contributed by atoms with Crippen LogP contribution < -0.4 is 10.1 Å². The van der Waals surface area contributed by atoms with E-state index in [1.54, 1.807) is 11.0 Å². The first-order valence-electron chi connectivity index (χ1n) is 5.60. The van der Waals surface area contributed by atoms with Crippen molar-refractivity contribution in [1.82, 2.24) is 14.8 Å². The highest BCUT2D eigenvalue weighted by molar-refractivity contribution is 5.56. The highest BCUT2D eigenvalue weighted by Crippen LogP contribution is 2.23. The van der Waals surface area contributed by atoms with E-state index in [0.717, 1.165) is 17.3 Å². The smallest absolute Gasteiger partial charge is 0.145 e. The Hall–Kier alpha value is -2.04.